The predicted octanol–water partition coefficient (Wildman–Crippen LogP) is 4.01. The van der Waals surface area contributed by atoms with Gasteiger partial charge in [-0.25, -0.2) is 4.39 Å². The van der Waals surface area contributed by atoms with E-state index in [1.165, 1.54) is 12.1 Å². The number of morpholine rings is 1. The molecular formula is C19H19ClFNO2. The predicted molar refractivity (Wildman–Crippen MR) is 91.4 cm³/mol. The number of ether oxygens (including phenoxy) is 1. The van der Waals surface area contributed by atoms with Gasteiger partial charge in [0.1, 0.15) is 11.9 Å². The van der Waals surface area contributed by atoms with Crippen molar-refractivity contribution in [1.82, 2.24) is 4.90 Å². The van der Waals surface area contributed by atoms with Gasteiger partial charge in [0.05, 0.1) is 13.2 Å². The van der Waals surface area contributed by atoms with Crippen LogP contribution < -0.4 is 0 Å². The Balaban J connectivity index is 1.57. The zero-order valence-corrected chi connectivity index (χ0v) is 14.0. The Hall–Kier alpha value is -1.91. The van der Waals surface area contributed by atoms with Crippen molar-refractivity contribution in [1.29, 1.82) is 0 Å². The van der Waals surface area contributed by atoms with Crippen LogP contribution >= 0.6 is 11.6 Å². The lowest BCUT2D eigenvalue weighted by molar-refractivity contribution is -0.139. The van der Waals surface area contributed by atoms with Gasteiger partial charge in [0, 0.05) is 18.0 Å². The molecule has 3 nitrogen and oxygen atoms in total. The van der Waals surface area contributed by atoms with E-state index in [1.807, 2.05) is 29.2 Å². The molecule has 1 aliphatic rings. The maximum Gasteiger partial charge on any atom is 0.223 e. The Morgan fingerprint density at radius 2 is 2.04 bits per heavy atom. The Morgan fingerprint density at radius 3 is 2.79 bits per heavy atom. The molecule has 0 saturated carbocycles. The van der Waals surface area contributed by atoms with E-state index in [0.717, 1.165) is 11.1 Å². The zero-order chi connectivity index (χ0) is 16.9. The molecule has 1 unspecified atom stereocenters. The van der Waals surface area contributed by atoms with Crippen molar-refractivity contribution < 1.29 is 13.9 Å². The first-order chi connectivity index (χ1) is 11.6. The smallest absolute Gasteiger partial charge is 0.223 e. The molecular weight excluding hydrogens is 329 g/mol. The van der Waals surface area contributed by atoms with Crippen LogP contribution in [-0.2, 0) is 16.0 Å². The highest BCUT2D eigenvalue weighted by molar-refractivity contribution is 6.30. The molecule has 1 amide bonds. The van der Waals surface area contributed by atoms with Crippen molar-refractivity contribution in [2.24, 2.45) is 0 Å². The first kappa shape index (κ1) is 16.9. The molecule has 1 aliphatic heterocycles. The van der Waals surface area contributed by atoms with E-state index in [9.17, 15) is 9.18 Å². The molecule has 0 bridgehead atoms. The van der Waals surface area contributed by atoms with E-state index >= 15 is 0 Å². The molecule has 0 aromatic heterocycles. The van der Waals surface area contributed by atoms with Gasteiger partial charge < -0.3 is 9.64 Å². The Morgan fingerprint density at radius 1 is 1.25 bits per heavy atom. The summed E-state index contributed by atoms with van der Waals surface area (Å²) in [6.07, 6.45) is 0.874. The molecule has 0 radical (unpaired) electrons. The number of halogens is 2. The van der Waals surface area contributed by atoms with Crippen LogP contribution in [0.4, 0.5) is 4.39 Å². The maximum atomic E-state index is 12.9. The minimum absolute atomic E-state index is 0.0923. The van der Waals surface area contributed by atoms with E-state index in [2.05, 4.69) is 0 Å². The molecule has 1 fully saturated rings. The third-order valence-corrected chi connectivity index (χ3v) is 4.42. The number of hydrogen-bond acceptors (Lipinski definition) is 2. The SMILES string of the molecule is O=C(CCc1ccc(F)cc1)N1CCOC(c2cccc(Cl)c2)C1. The average Bonchev–Trinajstić information content (AvgIpc) is 2.61. The molecule has 126 valence electrons. The molecule has 2 aromatic carbocycles. The molecule has 5 heteroatoms. The van der Waals surface area contributed by atoms with Crippen LogP contribution in [0.3, 0.4) is 0 Å². The quantitative estimate of drug-likeness (QED) is 0.836. The molecule has 1 heterocycles. The standard InChI is InChI=1S/C19H19ClFNO2/c20-16-3-1-2-15(12-16)18-13-22(10-11-24-18)19(23)9-6-14-4-7-17(21)8-5-14/h1-5,7-8,12,18H,6,9-11,13H2. The highest BCUT2D eigenvalue weighted by atomic mass is 35.5. The van der Waals surface area contributed by atoms with Crippen LogP contribution in [0.1, 0.15) is 23.7 Å². The second-order valence-electron chi connectivity index (χ2n) is 5.88. The minimum atomic E-state index is -0.261. The number of benzene rings is 2. The van der Waals surface area contributed by atoms with Gasteiger partial charge in [-0.2, -0.15) is 0 Å². The third kappa shape index (κ3) is 4.34. The molecule has 1 atom stereocenters. The van der Waals surface area contributed by atoms with Gasteiger partial charge in [-0.1, -0.05) is 35.9 Å². The van der Waals surface area contributed by atoms with Crippen LogP contribution in [0.25, 0.3) is 0 Å². The lowest BCUT2D eigenvalue weighted by Gasteiger charge is -2.33. The second-order valence-corrected chi connectivity index (χ2v) is 6.32. The highest BCUT2D eigenvalue weighted by Gasteiger charge is 2.25. The Kier molecular flexibility index (Phi) is 5.48. The summed E-state index contributed by atoms with van der Waals surface area (Å²) in [6.45, 7) is 1.64. The van der Waals surface area contributed by atoms with Gasteiger partial charge in [-0.3, -0.25) is 4.79 Å². The zero-order valence-electron chi connectivity index (χ0n) is 13.3. The molecule has 3 rings (SSSR count). The summed E-state index contributed by atoms with van der Waals surface area (Å²) in [6, 6.07) is 13.8. The van der Waals surface area contributed by atoms with Crippen LogP contribution in [0.2, 0.25) is 5.02 Å². The number of amides is 1. The summed E-state index contributed by atoms with van der Waals surface area (Å²) in [4.78, 5) is 14.3. The largest absolute Gasteiger partial charge is 0.370 e. The fraction of sp³-hybridized carbons (Fsp3) is 0.316. The summed E-state index contributed by atoms with van der Waals surface area (Å²) in [5.41, 5.74) is 1.95. The summed E-state index contributed by atoms with van der Waals surface area (Å²) in [5.74, 6) is -0.169. The molecule has 1 saturated heterocycles. The summed E-state index contributed by atoms with van der Waals surface area (Å²) in [5, 5.41) is 0.663. The number of carbonyl (C=O) groups excluding carboxylic acids is 1. The Labute approximate surface area is 146 Å². The number of nitrogens with zero attached hydrogens (tertiary/aromatic N) is 1. The molecule has 24 heavy (non-hydrogen) atoms. The average molecular weight is 348 g/mol. The van der Waals surface area contributed by atoms with Crippen molar-refractivity contribution >= 4 is 17.5 Å². The number of carbonyl (C=O) groups is 1. The minimum Gasteiger partial charge on any atom is -0.370 e. The van der Waals surface area contributed by atoms with E-state index in [-0.39, 0.29) is 17.8 Å². The van der Waals surface area contributed by atoms with Crippen molar-refractivity contribution in [3.05, 3.63) is 70.5 Å². The maximum absolute atomic E-state index is 12.9. The highest BCUT2D eigenvalue weighted by Crippen LogP contribution is 2.25. The topological polar surface area (TPSA) is 29.5 Å². The van der Waals surface area contributed by atoms with Crippen molar-refractivity contribution in [3.8, 4) is 0 Å². The fourth-order valence-electron chi connectivity index (χ4n) is 2.84. The molecule has 0 aliphatic carbocycles. The van der Waals surface area contributed by atoms with Gasteiger partial charge in [0.15, 0.2) is 0 Å². The van der Waals surface area contributed by atoms with Crippen LogP contribution in [0.5, 0.6) is 0 Å². The fourth-order valence-corrected chi connectivity index (χ4v) is 3.04. The lowest BCUT2D eigenvalue weighted by Crippen LogP contribution is -2.42. The summed E-state index contributed by atoms with van der Waals surface area (Å²) in [7, 11) is 0. The molecule has 0 spiro atoms. The van der Waals surface area contributed by atoms with Gasteiger partial charge in [0.2, 0.25) is 5.91 Å². The Bertz CT molecular complexity index is 705. The molecule has 2 aromatic rings. The number of aryl methyl sites for hydroxylation is 1. The summed E-state index contributed by atoms with van der Waals surface area (Å²) >= 11 is 6.03. The number of rotatable bonds is 4. The second kappa shape index (κ2) is 7.77. The van der Waals surface area contributed by atoms with E-state index < -0.39 is 0 Å². The number of hydrogen-bond donors (Lipinski definition) is 0. The van der Waals surface area contributed by atoms with E-state index in [0.29, 0.717) is 37.6 Å². The first-order valence-corrected chi connectivity index (χ1v) is 8.39. The van der Waals surface area contributed by atoms with Crippen molar-refractivity contribution in [2.45, 2.75) is 18.9 Å². The lowest BCUT2D eigenvalue weighted by atomic mass is 10.1. The van der Waals surface area contributed by atoms with E-state index in [4.69, 9.17) is 16.3 Å². The van der Waals surface area contributed by atoms with Crippen LogP contribution in [0, 0.1) is 5.82 Å². The third-order valence-electron chi connectivity index (χ3n) is 4.18. The van der Waals surface area contributed by atoms with Crippen molar-refractivity contribution in [2.75, 3.05) is 19.7 Å². The van der Waals surface area contributed by atoms with Gasteiger partial charge in [0.25, 0.3) is 0 Å². The normalized spacial score (nSPS) is 17.8. The monoisotopic (exact) mass is 347 g/mol. The van der Waals surface area contributed by atoms with Crippen molar-refractivity contribution in [3.63, 3.8) is 0 Å². The van der Waals surface area contributed by atoms with Crippen LogP contribution in [0.15, 0.2) is 48.5 Å². The van der Waals surface area contributed by atoms with Gasteiger partial charge >= 0.3 is 0 Å². The first-order valence-electron chi connectivity index (χ1n) is 8.01. The molecule has 0 N–H and O–H groups in total. The van der Waals surface area contributed by atoms with Crippen LogP contribution in [-0.4, -0.2) is 30.5 Å². The van der Waals surface area contributed by atoms with Gasteiger partial charge in [-0.15, -0.1) is 0 Å². The summed E-state index contributed by atoms with van der Waals surface area (Å²) < 4.78 is 18.7. The van der Waals surface area contributed by atoms with E-state index in [1.54, 1.807) is 12.1 Å². The van der Waals surface area contributed by atoms with Gasteiger partial charge in [-0.05, 0) is 41.8 Å².